The third kappa shape index (κ3) is 3.47. The molecule has 0 amide bonds. The zero-order valence-electron chi connectivity index (χ0n) is 5.74. The lowest BCUT2D eigenvalue weighted by Crippen LogP contribution is -1.96. The van der Waals surface area contributed by atoms with Crippen LogP contribution < -0.4 is 0 Å². The molecule has 7 heteroatoms. The van der Waals surface area contributed by atoms with Crippen molar-refractivity contribution in [2.45, 2.75) is 0 Å². The van der Waals surface area contributed by atoms with Crippen molar-refractivity contribution in [3.8, 4) is 0 Å². The largest absolute Gasteiger partial charge is 0.326 e. The maximum atomic E-state index is 10.3. The van der Waals surface area contributed by atoms with Crippen LogP contribution in [0, 0.1) is 10.1 Å². The Kier molecular flexibility index (Phi) is 6.24. The second-order valence-electron chi connectivity index (χ2n) is 1.41. The molecule has 0 fully saturated rings. The predicted molar refractivity (Wildman–Crippen MR) is 63.7 cm³/mol. The molecule has 5 nitrogen and oxygen atoms in total. The number of nitro groups is 1. The van der Waals surface area contributed by atoms with Gasteiger partial charge in [-0.25, -0.2) is 4.99 Å². The lowest BCUT2D eigenvalue weighted by molar-refractivity contribution is -0.407. The van der Waals surface area contributed by atoms with Crippen LogP contribution in [-0.4, -0.2) is 19.9 Å². The normalized spacial score (nSPS) is 12.8. The molecule has 0 radical (unpaired) electrons. The van der Waals surface area contributed by atoms with Crippen molar-refractivity contribution >= 4 is 58.3 Å². The third-order valence-electron chi connectivity index (χ3n) is 0.798. The smallest absolute Gasteiger partial charge is 0.296 e. The standard InChI is InChI=1S/C5H4I2N2O3/c1-7-5(9(11)12)4(2-10)8-3-6/h2-3H,1H2/b5-4+,8-3?. The number of allylic oxidation sites excluding steroid dienone is 1. The summed E-state index contributed by atoms with van der Waals surface area (Å²) in [5.41, 5.74) is -0.128. The molecule has 0 bridgehead atoms. The predicted octanol–water partition coefficient (Wildman–Crippen LogP) is 1.50. The molecule has 0 aromatic carbocycles. The summed E-state index contributed by atoms with van der Waals surface area (Å²) < 4.78 is 4.59. The van der Waals surface area contributed by atoms with Crippen molar-refractivity contribution in [3.63, 3.8) is 0 Å². The Morgan fingerprint density at radius 3 is 2.58 bits per heavy atom. The molecule has 12 heavy (non-hydrogen) atoms. The van der Waals surface area contributed by atoms with Crippen molar-refractivity contribution in [2.75, 3.05) is 0 Å². The minimum Gasteiger partial charge on any atom is -0.296 e. The van der Waals surface area contributed by atoms with Gasteiger partial charge in [-0.15, -0.1) is 0 Å². The van der Waals surface area contributed by atoms with Gasteiger partial charge < -0.3 is 0 Å². The first-order valence-electron chi connectivity index (χ1n) is 2.52. The topological polar surface area (TPSA) is 72.6 Å². The van der Waals surface area contributed by atoms with Gasteiger partial charge in [0.05, 0.1) is 9.14 Å². The average molecular weight is 394 g/mol. The molecule has 0 N–H and O–H groups in total. The van der Waals surface area contributed by atoms with E-state index >= 15 is 0 Å². The van der Waals surface area contributed by atoms with Crippen LogP contribution in [0.15, 0.2) is 14.4 Å². The number of carbonyl (C=O) groups is 1. The lowest BCUT2D eigenvalue weighted by atomic mass is 10.5. The van der Waals surface area contributed by atoms with E-state index in [-0.39, 0.29) is 9.40 Å². The molecule has 0 aromatic heterocycles. The Bertz CT molecular complexity index is 272. The van der Waals surface area contributed by atoms with E-state index in [1.165, 1.54) is 4.22 Å². The lowest BCUT2D eigenvalue weighted by Gasteiger charge is -1.90. The maximum Gasteiger partial charge on any atom is 0.326 e. The quantitative estimate of drug-likeness (QED) is 0.138. The second-order valence-corrected chi connectivity index (χ2v) is 3.75. The number of nitrogens with zero attached hydrogens (tertiary/aromatic N) is 2. The van der Waals surface area contributed by atoms with Crippen LogP contribution in [0.2, 0.25) is 0 Å². The summed E-state index contributed by atoms with van der Waals surface area (Å²) >= 11 is 0.808. The molecule has 0 heterocycles. The van der Waals surface area contributed by atoms with Crippen molar-refractivity contribution < 1.29 is 9.72 Å². The van der Waals surface area contributed by atoms with Crippen molar-refractivity contribution in [1.29, 1.82) is 0 Å². The Hall–Kier alpha value is -0.190. The molecule has 0 unspecified atom stereocenters. The summed E-state index contributed by atoms with van der Waals surface area (Å²) in [4.78, 5) is 23.6. The number of rotatable bonds is 4. The van der Waals surface area contributed by atoms with Gasteiger partial charge in [0.2, 0.25) is 0 Å². The summed E-state index contributed by atoms with van der Waals surface area (Å²) in [6.45, 7) is 0. The number of carbonyl (C=O) groups excluding carboxylic acids is 1. The third-order valence-corrected chi connectivity index (χ3v) is 2.75. The van der Waals surface area contributed by atoms with E-state index in [0.717, 1.165) is 0 Å². The highest BCUT2D eigenvalue weighted by molar-refractivity contribution is 14.2. The van der Waals surface area contributed by atoms with Gasteiger partial charge in [0.15, 0.2) is 12.0 Å². The molecule has 0 spiro atoms. The SMILES string of the molecule is C=I/C(=C(/C=O)N=CI)[N+](=O)[O-]. The van der Waals surface area contributed by atoms with Gasteiger partial charge in [-0.2, -0.15) is 0 Å². The van der Waals surface area contributed by atoms with Crippen molar-refractivity contribution in [1.82, 2.24) is 0 Å². The molecule has 0 rings (SSSR count). The second kappa shape index (κ2) is 6.34. The van der Waals surface area contributed by atoms with Crippen LogP contribution >= 0.6 is 43.3 Å². The van der Waals surface area contributed by atoms with E-state index in [1.807, 2.05) is 0 Å². The van der Waals surface area contributed by atoms with Crippen molar-refractivity contribution in [2.24, 2.45) is 4.99 Å². The summed E-state index contributed by atoms with van der Waals surface area (Å²) in [5, 5.41) is 10.3. The number of aldehydes is 1. The first-order chi connectivity index (χ1) is 5.67. The van der Waals surface area contributed by atoms with E-state index in [2.05, 4.69) is 9.51 Å². The Balaban J connectivity index is 5.14. The maximum absolute atomic E-state index is 10.3. The first-order valence-corrected chi connectivity index (χ1v) is 6.37. The first kappa shape index (κ1) is 11.8. The van der Waals surface area contributed by atoms with Crippen LogP contribution in [0.25, 0.3) is 0 Å². The van der Waals surface area contributed by atoms with Gasteiger partial charge in [-0.3, -0.25) is 14.9 Å². The van der Waals surface area contributed by atoms with Crippen LogP contribution in [-0.2, 0) is 4.79 Å². The van der Waals surface area contributed by atoms with E-state index < -0.39 is 25.7 Å². The number of hydrogen-bond donors (Lipinski definition) is 0. The van der Waals surface area contributed by atoms with E-state index in [4.69, 9.17) is 0 Å². The number of hydrogen-bond acceptors (Lipinski definition) is 4. The van der Waals surface area contributed by atoms with Gasteiger partial charge in [-0.1, -0.05) is 4.51 Å². The summed E-state index contributed by atoms with van der Waals surface area (Å²) in [6.07, 6.45) is 0.373. The summed E-state index contributed by atoms with van der Waals surface area (Å²) in [6, 6.07) is 0. The fourth-order valence-electron chi connectivity index (χ4n) is 0.396. The fraction of sp³-hybridized carbons (Fsp3) is 0. The summed E-state index contributed by atoms with van der Waals surface area (Å²) in [7, 11) is 0. The van der Waals surface area contributed by atoms with Crippen LogP contribution in [0.5, 0.6) is 0 Å². The van der Waals surface area contributed by atoms with Gasteiger partial charge in [0, 0.05) is 0 Å². The highest BCUT2D eigenvalue weighted by Crippen LogP contribution is 2.17. The number of halogens is 2. The Morgan fingerprint density at radius 1 is 1.75 bits per heavy atom. The average Bonchev–Trinajstić information content (AvgIpc) is 2.03. The Labute approximate surface area is 92.0 Å². The number of aliphatic imine (C=N–C) groups is 1. The van der Waals surface area contributed by atoms with E-state index in [0.29, 0.717) is 6.29 Å². The molecule has 0 saturated heterocycles. The van der Waals surface area contributed by atoms with Gasteiger partial charge >= 0.3 is 3.70 Å². The van der Waals surface area contributed by atoms with Crippen LogP contribution in [0.1, 0.15) is 0 Å². The van der Waals surface area contributed by atoms with E-state index in [1.54, 1.807) is 22.6 Å². The molecular formula is C5H4I2N2O3. The molecule has 66 valence electrons. The fourth-order valence-corrected chi connectivity index (χ4v) is 1.63. The highest BCUT2D eigenvalue weighted by atomic mass is 127. The molecule has 0 aromatic rings. The molecule has 0 aliphatic heterocycles. The van der Waals surface area contributed by atoms with Gasteiger partial charge in [0.1, 0.15) is 0 Å². The molecule has 0 aliphatic rings. The minimum atomic E-state index is -0.976. The zero-order chi connectivity index (χ0) is 9.56. The molecule has 0 aliphatic carbocycles. The van der Waals surface area contributed by atoms with E-state index in [9.17, 15) is 14.9 Å². The minimum absolute atomic E-state index is 0.128. The highest BCUT2D eigenvalue weighted by Gasteiger charge is 2.13. The summed E-state index contributed by atoms with van der Waals surface area (Å²) in [5.74, 6) is 0. The van der Waals surface area contributed by atoms with Crippen LogP contribution in [0.4, 0.5) is 0 Å². The van der Waals surface area contributed by atoms with Crippen LogP contribution in [0.3, 0.4) is 0 Å². The molecular weight excluding hydrogens is 390 g/mol. The Morgan fingerprint density at radius 2 is 2.33 bits per heavy atom. The van der Waals surface area contributed by atoms with Gasteiger partial charge in [0.25, 0.3) is 0 Å². The monoisotopic (exact) mass is 394 g/mol. The zero-order valence-corrected chi connectivity index (χ0v) is 10.1. The van der Waals surface area contributed by atoms with Gasteiger partial charge in [-0.05, 0) is 43.3 Å². The molecule has 0 atom stereocenters. The molecule has 0 saturated carbocycles. The van der Waals surface area contributed by atoms with Crippen molar-refractivity contribution in [3.05, 3.63) is 19.5 Å².